The Bertz CT molecular complexity index is 1030. The number of nitrogens with one attached hydrogen (secondary N) is 3. The van der Waals surface area contributed by atoms with Crippen molar-refractivity contribution in [1.29, 1.82) is 0 Å². The first kappa shape index (κ1) is 22.2. The Morgan fingerprint density at radius 2 is 1.79 bits per heavy atom. The van der Waals surface area contributed by atoms with Crippen LogP contribution in [-0.4, -0.2) is 33.6 Å². The van der Waals surface area contributed by atoms with Crippen LogP contribution >= 0.6 is 0 Å². The Hall–Kier alpha value is -3.07. The van der Waals surface area contributed by atoms with E-state index < -0.39 is 22.0 Å². The van der Waals surface area contributed by atoms with Crippen LogP contribution < -0.4 is 20.1 Å². The third-order valence-corrected chi connectivity index (χ3v) is 4.67. The molecular weight excluding hydrogens is 394 g/mol. The summed E-state index contributed by atoms with van der Waals surface area (Å²) in [5.41, 5.74) is 2.37. The van der Waals surface area contributed by atoms with E-state index in [1.54, 1.807) is 14.0 Å². The van der Waals surface area contributed by atoms with Crippen LogP contribution in [0.3, 0.4) is 0 Å². The number of carbonyl (C=O) groups excluding carboxylic acids is 2. The maximum Gasteiger partial charge on any atom is 0.253 e. The van der Waals surface area contributed by atoms with Crippen LogP contribution in [-0.2, 0) is 14.8 Å². The van der Waals surface area contributed by atoms with Crippen molar-refractivity contribution in [3.8, 4) is 5.75 Å². The molecular formula is C20H25N3O5S. The van der Waals surface area contributed by atoms with E-state index in [-0.39, 0.29) is 17.2 Å². The molecule has 0 aromatic heterocycles. The van der Waals surface area contributed by atoms with Crippen molar-refractivity contribution in [2.45, 2.75) is 26.8 Å². The van der Waals surface area contributed by atoms with Crippen molar-refractivity contribution < 1.29 is 22.7 Å². The van der Waals surface area contributed by atoms with Crippen molar-refractivity contribution in [2.24, 2.45) is 0 Å². The van der Waals surface area contributed by atoms with Crippen LogP contribution in [0, 0.1) is 6.92 Å². The molecule has 0 bridgehead atoms. The summed E-state index contributed by atoms with van der Waals surface area (Å²) < 4.78 is 31.0. The Labute approximate surface area is 170 Å². The summed E-state index contributed by atoms with van der Waals surface area (Å²) >= 11 is 0. The van der Waals surface area contributed by atoms with E-state index in [0.717, 1.165) is 17.4 Å². The molecule has 0 fully saturated rings. The minimum absolute atomic E-state index is 0.0835. The highest BCUT2D eigenvalue weighted by Gasteiger charge is 2.20. The zero-order valence-corrected chi connectivity index (χ0v) is 17.8. The Morgan fingerprint density at radius 3 is 2.38 bits per heavy atom. The lowest BCUT2D eigenvalue weighted by atomic mass is 10.0. The molecule has 29 heavy (non-hydrogen) atoms. The number of sulfonamides is 1. The molecule has 2 amide bonds. The quantitative estimate of drug-likeness (QED) is 0.639. The highest BCUT2D eigenvalue weighted by molar-refractivity contribution is 7.92. The lowest BCUT2D eigenvalue weighted by Gasteiger charge is -2.19. The van der Waals surface area contributed by atoms with E-state index >= 15 is 0 Å². The number of hydrogen-bond donors (Lipinski definition) is 3. The number of aryl methyl sites for hydroxylation is 1. The summed E-state index contributed by atoms with van der Waals surface area (Å²) in [6, 6.07) is 9.59. The van der Waals surface area contributed by atoms with E-state index in [1.165, 1.54) is 25.1 Å². The molecule has 1 atom stereocenters. The Kier molecular flexibility index (Phi) is 6.86. The molecule has 0 heterocycles. The third kappa shape index (κ3) is 6.21. The number of ether oxygens (including phenoxy) is 1. The van der Waals surface area contributed by atoms with E-state index in [1.807, 2.05) is 25.1 Å². The number of anilines is 2. The van der Waals surface area contributed by atoms with Gasteiger partial charge in [-0.2, -0.15) is 0 Å². The molecule has 2 aromatic carbocycles. The van der Waals surface area contributed by atoms with E-state index in [4.69, 9.17) is 4.74 Å². The molecule has 0 aliphatic carbocycles. The molecule has 2 aromatic rings. The van der Waals surface area contributed by atoms with Gasteiger partial charge in [0.2, 0.25) is 15.9 Å². The van der Waals surface area contributed by atoms with Crippen LogP contribution in [0.1, 0.15) is 41.4 Å². The van der Waals surface area contributed by atoms with Crippen LogP contribution in [0.25, 0.3) is 0 Å². The minimum Gasteiger partial charge on any atom is -0.496 e. The molecule has 1 unspecified atom stereocenters. The lowest BCUT2D eigenvalue weighted by molar-refractivity contribution is -0.114. The van der Waals surface area contributed by atoms with Crippen LogP contribution in [0.2, 0.25) is 0 Å². The highest BCUT2D eigenvalue weighted by atomic mass is 32.2. The first-order chi connectivity index (χ1) is 13.5. The summed E-state index contributed by atoms with van der Waals surface area (Å²) in [7, 11) is -2.05. The minimum atomic E-state index is -3.60. The summed E-state index contributed by atoms with van der Waals surface area (Å²) in [5.74, 6) is -0.178. The molecule has 0 aliphatic heterocycles. The second-order valence-electron chi connectivity index (χ2n) is 6.76. The fourth-order valence-electron chi connectivity index (χ4n) is 2.85. The van der Waals surface area contributed by atoms with Crippen molar-refractivity contribution in [1.82, 2.24) is 5.32 Å². The first-order valence-corrected chi connectivity index (χ1v) is 10.7. The second kappa shape index (κ2) is 8.95. The van der Waals surface area contributed by atoms with Gasteiger partial charge < -0.3 is 15.4 Å². The van der Waals surface area contributed by atoms with Gasteiger partial charge in [0.1, 0.15) is 5.75 Å². The van der Waals surface area contributed by atoms with Gasteiger partial charge in [-0.1, -0.05) is 17.7 Å². The first-order valence-electron chi connectivity index (χ1n) is 8.85. The highest BCUT2D eigenvalue weighted by Crippen LogP contribution is 2.28. The fourth-order valence-corrected chi connectivity index (χ4v) is 3.42. The van der Waals surface area contributed by atoms with Gasteiger partial charge in [0.15, 0.2) is 0 Å². The standard InChI is InChI=1S/C20H25N3O5S/c1-12-6-9-19(28-4)16(10-12)13(2)21-20(25)17-11-15(22-14(3)24)7-8-18(17)23-29(5,26)27/h6-11,13,23H,1-5H3,(H,21,25)(H,22,24). The average Bonchev–Trinajstić information content (AvgIpc) is 2.61. The molecule has 0 saturated heterocycles. The molecule has 0 radical (unpaired) electrons. The fraction of sp³-hybridized carbons (Fsp3) is 0.300. The maximum atomic E-state index is 13.0. The predicted molar refractivity (Wildman–Crippen MR) is 113 cm³/mol. The number of amides is 2. The van der Waals surface area contributed by atoms with Crippen LogP contribution in [0.15, 0.2) is 36.4 Å². The van der Waals surface area contributed by atoms with Gasteiger partial charge in [-0.3, -0.25) is 14.3 Å². The zero-order chi connectivity index (χ0) is 21.8. The number of carbonyl (C=O) groups is 2. The lowest BCUT2D eigenvalue weighted by Crippen LogP contribution is -2.28. The van der Waals surface area contributed by atoms with E-state index in [0.29, 0.717) is 11.4 Å². The second-order valence-corrected chi connectivity index (χ2v) is 8.50. The number of hydrogen-bond acceptors (Lipinski definition) is 5. The van der Waals surface area contributed by atoms with Crippen molar-refractivity contribution in [2.75, 3.05) is 23.4 Å². The predicted octanol–water partition coefficient (Wildman–Crippen LogP) is 2.82. The van der Waals surface area contributed by atoms with Gasteiger partial charge in [-0.25, -0.2) is 8.42 Å². The van der Waals surface area contributed by atoms with Gasteiger partial charge in [0.05, 0.1) is 30.7 Å². The summed E-state index contributed by atoms with van der Waals surface area (Å²) in [5, 5.41) is 5.44. The van der Waals surface area contributed by atoms with Gasteiger partial charge >= 0.3 is 0 Å². The van der Waals surface area contributed by atoms with Crippen molar-refractivity contribution in [3.63, 3.8) is 0 Å². The largest absolute Gasteiger partial charge is 0.496 e. The SMILES string of the molecule is COc1ccc(C)cc1C(C)NC(=O)c1cc(NC(C)=O)ccc1NS(C)(=O)=O. The van der Waals surface area contributed by atoms with E-state index in [9.17, 15) is 18.0 Å². The monoisotopic (exact) mass is 419 g/mol. The topological polar surface area (TPSA) is 114 Å². The molecule has 0 spiro atoms. The van der Waals surface area contributed by atoms with Gasteiger partial charge in [0.25, 0.3) is 5.91 Å². The molecule has 0 aliphatic rings. The summed E-state index contributed by atoms with van der Waals surface area (Å²) in [6.45, 7) is 5.08. The number of benzene rings is 2. The van der Waals surface area contributed by atoms with E-state index in [2.05, 4.69) is 15.4 Å². The van der Waals surface area contributed by atoms with Crippen LogP contribution in [0.5, 0.6) is 5.75 Å². The number of methoxy groups -OCH3 is 1. The van der Waals surface area contributed by atoms with Gasteiger partial charge in [0, 0.05) is 18.2 Å². The summed E-state index contributed by atoms with van der Waals surface area (Å²) in [4.78, 5) is 24.3. The van der Waals surface area contributed by atoms with Crippen LogP contribution in [0.4, 0.5) is 11.4 Å². The Morgan fingerprint density at radius 1 is 1.10 bits per heavy atom. The number of rotatable bonds is 7. The Balaban J connectivity index is 2.39. The normalized spacial score (nSPS) is 12.0. The third-order valence-electron chi connectivity index (χ3n) is 4.08. The molecule has 8 nitrogen and oxygen atoms in total. The smallest absolute Gasteiger partial charge is 0.253 e. The molecule has 9 heteroatoms. The average molecular weight is 420 g/mol. The molecule has 156 valence electrons. The molecule has 3 N–H and O–H groups in total. The molecule has 2 rings (SSSR count). The van der Waals surface area contributed by atoms with Gasteiger partial charge in [-0.15, -0.1) is 0 Å². The van der Waals surface area contributed by atoms with Crippen molar-refractivity contribution in [3.05, 3.63) is 53.1 Å². The van der Waals surface area contributed by atoms with Crippen molar-refractivity contribution >= 4 is 33.2 Å². The van der Waals surface area contributed by atoms with Gasteiger partial charge in [-0.05, 0) is 38.1 Å². The molecule has 0 saturated carbocycles. The zero-order valence-electron chi connectivity index (χ0n) is 17.0. The summed E-state index contributed by atoms with van der Waals surface area (Å²) in [6.07, 6.45) is 0.997. The maximum absolute atomic E-state index is 13.0.